The van der Waals surface area contributed by atoms with Crippen molar-refractivity contribution in [3.05, 3.63) is 151 Å². The summed E-state index contributed by atoms with van der Waals surface area (Å²) in [6.07, 6.45) is 6.45. The molecule has 0 saturated heterocycles. The molecular weight excluding hydrogens is 555 g/mol. The quantitative estimate of drug-likeness (QED) is 0.216. The van der Waals surface area contributed by atoms with E-state index in [4.69, 9.17) is 23.4 Å². The topological polar surface area (TPSA) is 108 Å². The average molecular weight is 585 g/mol. The van der Waals surface area contributed by atoms with E-state index in [1.54, 1.807) is 0 Å². The van der Waals surface area contributed by atoms with Crippen molar-refractivity contribution >= 4 is 40.8 Å². The molecule has 0 fully saturated rings. The van der Waals surface area contributed by atoms with E-state index in [0.717, 1.165) is 17.8 Å². The van der Waals surface area contributed by atoms with Crippen LogP contribution in [0, 0.1) is 10.2 Å². The van der Waals surface area contributed by atoms with Gasteiger partial charge in [0.2, 0.25) is 5.69 Å². The lowest BCUT2D eigenvalue weighted by Crippen LogP contribution is -2.68. The standard InChI is InChI=1S/C33H30N2P.ClHO4/c1-2-35-27-13-12-14-30(35)26-23-28-21-24-29(25-22-28)34-36(31-15-6-3-7-16-31,32-17-8-4-9-18-32)33-19-10-5-11-20-33;2-1(3,4)5/h3-27H,2H2,1H3;(H,2,3,4,5)/q+1;/p-1. The minimum absolute atomic E-state index is 0.947. The van der Waals surface area contributed by atoms with Gasteiger partial charge >= 0.3 is 0 Å². The highest BCUT2D eigenvalue weighted by atomic mass is 35.7. The summed E-state index contributed by atoms with van der Waals surface area (Å²) in [6.45, 7) is 3.11. The SMILES string of the molecule is CC[n+]1ccccc1C=Cc1ccc(N=P(c2ccccc2)(c2ccccc2)c2ccccc2)cc1.[O-][Cl+3]([O-])([O-])[O-]. The van der Waals surface area contributed by atoms with Gasteiger partial charge in [-0.15, -0.1) is 10.2 Å². The minimum Gasteiger partial charge on any atom is -0.254 e. The Kier molecular flexibility index (Phi) is 10.4. The predicted octanol–water partition coefficient (Wildman–Crippen LogP) is 2.22. The van der Waals surface area contributed by atoms with Crippen LogP contribution in [0.1, 0.15) is 18.2 Å². The lowest BCUT2D eigenvalue weighted by atomic mass is 10.2. The molecular formula is C33H30ClN2O4P. The van der Waals surface area contributed by atoms with Crippen molar-refractivity contribution < 1.29 is 33.4 Å². The van der Waals surface area contributed by atoms with Crippen molar-refractivity contribution in [1.29, 1.82) is 0 Å². The van der Waals surface area contributed by atoms with Crippen molar-refractivity contribution in [3.63, 3.8) is 0 Å². The number of halogens is 1. The molecule has 41 heavy (non-hydrogen) atoms. The van der Waals surface area contributed by atoms with Crippen molar-refractivity contribution in [1.82, 2.24) is 0 Å². The predicted molar refractivity (Wildman–Crippen MR) is 155 cm³/mol. The molecule has 1 heterocycles. The molecule has 0 saturated carbocycles. The van der Waals surface area contributed by atoms with Crippen LogP contribution in [0.15, 0.2) is 144 Å². The van der Waals surface area contributed by atoms with Gasteiger partial charge in [-0.05, 0) is 36.8 Å². The molecule has 6 nitrogen and oxygen atoms in total. The molecule has 0 atom stereocenters. The maximum absolute atomic E-state index is 8.49. The molecule has 0 aliphatic heterocycles. The van der Waals surface area contributed by atoms with Crippen molar-refractivity contribution in [2.45, 2.75) is 13.5 Å². The molecule has 1 aromatic heterocycles. The molecule has 8 heteroatoms. The van der Waals surface area contributed by atoms with E-state index in [2.05, 4.69) is 163 Å². The molecule has 0 amide bonds. The Hall–Kier alpha value is -3.87. The summed E-state index contributed by atoms with van der Waals surface area (Å²) >= 11 is 0. The highest BCUT2D eigenvalue weighted by Crippen LogP contribution is 2.49. The molecule has 208 valence electrons. The summed E-state index contributed by atoms with van der Waals surface area (Å²) in [4.78, 5) is 0. The van der Waals surface area contributed by atoms with Crippen LogP contribution in [0.5, 0.6) is 0 Å². The van der Waals surface area contributed by atoms with Gasteiger partial charge in [0.1, 0.15) is 6.54 Å². The van der Waals surface area contributed by atoms with Crippen LogP contribution in [-0.2, 0) is 6.54 Å². The zero-order valence-electron chi connectivity index (χ0n) is 22.5. The molecule has 5 rings (SSSR count). The number of nitrogens with zero attached hydrogens (tertiary/aromatic N) is 2. The lowest BCUT2D eigenvalue weighted by Gasteiger charge is -2.27. The Bertz CT molecular complexity index is 1500. The second kappa shape index (κ2) is 14.2. The van der Waals surface area contributed by atoms with Gasteiger partial charge in [0.25, 0.3) is 0 Å². The van der Waals surface area contributed by atoms with Gasteiger partial charge in [0.05, 0.1) is 12.7 Å². The number of aryl methyl sites for hydroxylation is 1. The van der Waals surface area contributed by atoms with E-state index in [-0.39, 0.29) is 0 Å². The van der Waals surface area contributed by atoms with Crippen LogP contribution in [0.2, 0.25) is 0 Å². The van der Waals surface area contributed by atoms with E-state index < -0.39 is 17.3 Å². The fourth-order valence-electron chi connectivity index (χ4n) is 4.49. The number of benzene rings is 4. The Morgan fingerprint density at radius 3 is 1.49 bits per heavy atom. The maximum Gasteiger partial charge on any atom is 0.205 e. The zero-order valence-corrected chi connectivity index (χ0v) is 24.1. The van der Waals surface area contributed by atoms with Crippen LogP contribution in [-0.4, -0.2) is 0 Å². The van der Waals surface area contributed by atoms with Crippen molar-refractivity contribution in [3.8, 4) is 0 Å². The third-order valence-electron chi connectivity index (χ3n) is 6.31. The van der Waals surface area contributed by atoms with E-state index in [1.165, 1.54) is 21.6 Å². The second-order valence-electron chi connectivity index (χ2n) is 8.96. The van der Waals surface area contributed by atoms with E-state index >= 15 is 0 Å². The second-order valence-corrected chi connectivity index (χ2v) is 12.7. The Morgan fingerprint density at radius 2 is 1.05 bits per heavy atom. The van der Waals surface area contributed by atoms with Gasteiger partial charge in [0.15, 0.2) is 6.20 Å². The summed E-state index contributed by atoms with van der Waals surface area (Å²) in [5.74, 6) is 0. The number of aromatic nitrogens is 1. The maximum atomic E-state index is 8.49. The first-order valence-electron chi connectivity index (χ1n) is 13.0. The summed E-state index contributed by atoms with van der Waals surface area (Å²) in [7, 11) is -7.20. The summed E-state index contributed by atoms with van der Waals surface area (Å²) in [6, 6.07) is 47.1. The molecule has 5 aromatic rings. The van der Waals surface area contributed by atoms with E-state index in [9.17, 15) is 0 Å². The molecule has 0 bridgehead atoms. The fraction of sp³-hybridized carbons (Fsp3) is 0.0606. The first kappa shape index (κ1) is 30.1. The largest absolute Gasteiger partial charge is 0.254 e. The molecule has 4 aromatic carbocycles. The minimum atomic E-state index is -4.94. The Morgan fingerprint density at radius 1 is 0.610 bits per heavy atom. The van der Waals surface area contributed by atoms with Crippen LogP contribution in [0.25, 0.3) is 12.2 Å². The number of rotatable bonds is 7. The first-order chi connectivity index (χ1) is 19.8. The van der Waals surface area contributed by atoms with Gasteiger partial charge in [-0.25, -0.2) is 18.6 Å². The van der Waals surface area contributed by atoms with Crippen LogP contribution < -0.4 is 39.1 Å². The van der Waals surface area contributed by atoms with E-state index in [1.807, 2.05) is 0 Å². The third kappa shape index (κ3) is 8.32. The molecule has 0 aliphatic carbocycles. The molecule has 0 radical (unpaired) electrons. The van der Waals surface area contributed by atoms with Crippen molar-refractivity contribution in [2.75, 3.05) is 0 Å². The Balaban J connectivity index is 0.000000714. The average Bonchev–Trinajstić information content (AvgIpc) is 3.00. The Labute approximate surface area is 242 Å². The van der Waals surface area contributed by atoms with E-state index in [0.29, 0.717) is 0 Å². The highest BCUT2D eigenvalue weighted by Gasteiger charge is 2.27. The third-order valence-corrected chi connectivity index (χ3v) is 9.98. The summed E-state index contributed by atoms with van der Waals surface area (Å²) < 4.78 is 41.8. The van der Waals surface area contributed by atoms with Crippen molar-refractivity contribution in [2.24, 2.45) is 4.74 Å². The molecule has 0 spiro atoms. The number of pyridine rings is 1. The van der Waals surface area contributed by atoms with Crippen LogP contribution in [0.4, 0.5) is 5.69 Å². The normalized spacial score (nSPS) is 11.5. The van der Waals surface area contributed by atoms with Gasteiger partial charge in [-0.2, -0.15) is 4.57 Å². The summed E-state index contributed by atoms with van der Waals surface area (Å²) in [5.41, 5.74) is 3.33. The molecule has 0 N–H and O–H groups in total. The zero-order chi connectivity index (χ0) is 29.1. The highest BCUT2D eigenvalue weighted by molar-refractivity contribution is 7.87. The molecule has 0 aliphatic rings. The van der Waals surface area contributed by atoms with Gasteiger partial charge < -0.3 is 0 Å². The smallest absolute Gasteiger partial charge is 0.205 e. The molecule has 0 unspecified atom stereocenters. The van der Waals surface area contributed by atoms with Crippen LogP contribution in [0.3, 0.4) is 0 Å². The fourth-order valence-corrected chi connectivity index (χ4v) is 8.02. The number of hydrogen-bond acceptors (Lipinski definition) is 5. The monoisotopic (exact) mass is 584 g/mol. The van der Waals surface area contributed by atoms with Gasteiger partial charge in [-0.1, -0.05) is 103 Å². The number of hydrogen-bond donors (Lipinski definition) is 0. The summed E-state index contributed by atoms with van der Waals surface area (Å²) in [5, 5.41) is 3.75. The van der Waals surface area contributed by atoms with Crippen LogP contribution >= 0.6 is 7.05 Å². The van der Waals surface area contributed by atoms with Gasteiger partial charge in [0, 0.05) is 34.1 Å². The first-order valence-corrected chi connectivity index (χ1v) is 15.9. The lowest BCUT2D eigenvalue weighted by molar-refractivity contribution is -2.00. The van der Waals surface area contributed by atoms with Gasteiger partial charge in [-0.3, -0.25) is 4.74 Å².